The normalized spacial score (nSPS) is 10.9. The maximum Gasteiger partial charge on any atom is 0.255 e. The number of carbonyl (C=O) groups is 2. The molecule has 0 spiro atoms. The molecule has 0 aliphatic rings. The zero-order valence-electron chi connectivity index (χ0n) is 14.6. The number of nitrogens with two attached hydrogens (primary N) is 1. The van der Waals surface area contributed by atoms with Crippen LogP contribution >= 0.6 is 0 Å². The Morgan fingerprint density at radius 1 is 1.04 bits per heavy atom. The lowest BCUT2D eigenvalue weighted by atomic mass is 10.1. The zero-order chi connectivity index (χ0) is 18.4. The third-order valence-corrected chi connectivity index (χ3v) is 3.48. The van der Waals surface area contributed by atoms with E-state index in [1.165, 1.54) is 0 Å². The minimum Gasteiger partial charge on any atom is -0.497 e. The van der Waals surface area contributed by atoms with Gasteiger partial charge in [0.2, 0.25) is 0 Å². The summed E-state index contributed by atoms with van der Waals surface area (Å²) in [7, 11) is 1.56. The molecule has 0 radical (unpaired) electrons. The van der Waals surface area contributed by atoms with Crippen LogP contribution in [-0.2, 0) is 0 Å². The number of ether oxygens (including phenoxy) is 1. The van der Waals surface area contributed by atoms with Gasteiger partial charge in [-0.3, -0.25) is 9.59 Å². The van der Waals surface area contributed by atoms with Crippen LogP contribution in [0.2, 0.25) is 0 Å². The molecule has 0 unspecified atom stereocenters. The van der Waals surface area contributed by atoms with E-state index in [2.05, 4.69) is 10.6 Å². The zero-order valence-corrected chi connectivity index (χ0v) is 14.6. The fourth-order valence-corrected chi connectivity index (χ4v) is 2.13. The smallest absolute Gasteiger partial charge is 0.255 e. The molecule has 0 fully saturated rings. The molecule has 0 aliphatic carbocycles. The molecule has 0 saturated carbocycles. The van der Waals surface area contributed by atoms with Crippen molar-refractivity contribution < 1.29 is 14.3 Å². The van der Waals surface area contributed by atoms with Crippen LogP contribution in [0, 0.1) is 0 Å². The van der Waals surface area contributed by atoms with Crippen molar-refractivity contribution in [2.45, 2.75) is 19.4 Å². The number of anilines is 1. The van der Waals surface area contributed by atoms with E-state index in [4.69, 9.17) is 10.5 Å². The van der Waals surface area contributed by atoms with Crippen molar-refractivity contribution in [3.63, 3.8) is 0 Å². The number of methoxy groups -OCH3 is 1. The van der Waals surface area contributed by atoms with Gasteiger partial charge in [0.1, 0.15) is 5.75 Å². The van der Waals surface area contributed by atoms with Crippen LogP contribution in [0.25, 0.3) is 0 Å². The molecule has 6 nitrogen and oxygen atoms in total. The molecule has 6 heteroatoms. The Kier molecular flexibility index (Phi) is 5.77. The van der Waals surface area contributed by atoms with Crippen LogP contribution in [0.4, 0.5) is 5.69 Å². The molecule has 2 aromatic rings. The number of hydrogen-bond acceptors (Lipinski definition) is 4. The van der Waals surface area contributed by atoms with Crippen LogP contribution < -0.4 is 21.1 Å². The van der Waals surface area contributed by atoms with Gasteiger partial charge in [0.05, 0.1) is 18.4 Å². The highest BCUT2D eigenvalue weighted by molar-refractivity contribution is 6.09. The summed E-state index contributed by atoms with van der Waals surface area (Å²) >= 11 is 0. The first kappa shape index (κ1) is 18.5. The Morgan fingerprint density at radius 2 is 1.68 bits per heavy atom. The first-order valence-corrected chi connectivity index (χ1v) is 7.92. The van der Waals surface area contributed by atoms with Crippen molar-refractivity contribution in [2.75, 3.05) is 19.0 Å². The monoisotopic (exact) mass is 341 g/mol. The summed E-state index contributed by atoms with van der Waals surface area (Å²) in [5, 5.41) is 5.55. The number of hydrogen-bond donors (Lipinski definition) is 3. The number of carbonyl (C=O) groups excluding carboxylic acids is 2. The SMILES string of the molecule is COc1ccc(C(=O)Nc2ccccc2C(=O)NCC(C)(C)N)cc1. The first-order valence-electron chi connectivity index (χ1n) is 7.92. The van der Waals surface area contributed by atoms with E-state index in [1.54, 1.807) is 55.6 Å². The van der Waals surface area contributed by atoms with Gasteiger partial charge in [0.25, 0.3) is 11.8 Å². The summed E-state index contributed by atoms with van der Waals surface area (Å²) in [5.41, 5.74) is 6.66. The van der Waals surface area contributed by atoms with E-state index in [-0.39, 0.29) is 11.8 Å². The van der Waals surface area contributed by atoms with Crippen molar-refractivity contribution in [3.8, 4) is 5.75 Å². The molecule has 25 heavy (non-hydrogen) atoms. The van der Waals surface area contributed by atoms with Gasteiger partial charge in [-0.15, -0.1) is 0 Å². The van der Waals surface area contributed by atoms with Crippen molar-refractivity contribution in [1.29, 1.82) is 0 Å². The first-order chi connectivity index (χ1) is 11.8. The fourth-order valence-electron chi connectivity index (χ4n) is 2.13. The molecule has 0 heterocycles. The summed E-state index contributed by atoms with van der Waals surface area (Å²) in [6.07, 6.45) is 0. The number of benzene rings is 2. The Morgan fingerprint density at radius 3 is 2.28 bits per heavy atom. The third kappa shape index (κ3) is 5.32. The molecule has 0 atom stereocenters. The summed E-state index contributed by atoms with van der Waals surface area (Å²) < 4.78 is 5.08. The van der Waals surface area contributed by atoms with Gasteiger partial charge in [0, 0.05) is 17.6 Å². The molecule has 2 rings (SSSR count). The fraction of sp³-hybridized carbons (Fsp3) is 0.263. The maximum absolute atomic E-state index is 12.4. The Labute approximate surface area is 147 Å². The standard InChI is InChI=1S/C19H23N3O3/c1-19(2,20)12-21-18(24)15-6-4-5-7-16(15)22-17(23)13-8-10-14(25-3)11-9-13/h4-11H,12,20H2,1-3H3,(H,21,24)(H,22,23). The minimum atomic E-state index is -0.517. The van der Waals surface area contributed by atoms with Gasteiger partial charge >= 0.3 is 0 Å². The summed E-state index contributed by atoms with van der Waals surface area (Å²) in [4.78, 5) is 24.8. The van der Waals surface area contributed by atoms with Crippen molar-refractivity contribution >= 4 is 17.5 Å². The Balaban J connectivity index is 2.14. The highest BCUT2D eigenvalue weighted by Gasteiger charge is 2.17. The van der Waals surface area contributed by atoms with E-state index in [1.807, 2.05) is 13.8 Å². The molecule has 0 aromatic heterocycles. The molecule has 132 valence electrons. The predicted octanol–water partition coefficient (Wildman–Crippen LogP) is 2.41. The van der Waals surface area contributed by atoms with Gasteiger partial charge in [0.15, 0.2) is 0 Å². The van der Waals surface area contributed by atoms with Crippen LogP contribution in [0.3, 0.4) is 0 Å². The molecule has 2 aromatic carbocycles. The predicted molar refractivity (Wildman–Crippen MR) is 98.0 cm³/mol. The van der Waals surface area contributed by atoms with E-state index in [0.29, 0.717) is 29.1 Å². The second kappa shape index (κ2) is 7.81. The molecule has 4 N–H and O–H groups in total. The Hall–Kier alpha value is -2.86. The molecule has 2 amide bonds. The average molecular weight is 341 g/mol. The lowest BCUT2D eigenvalue weighted by molar-refractivity contribution is 0.0947. The minimum absolute atomic E-state index is 0.288. The lowest BCUT2D eigenvalue weighted by Gasteiger charge is -2.19. The second-order valence-corrected chi connectivity index (χ2v) is 6.40. The van der Waals surface area contributed by atoms with Gasteiger partial charge in [-0.25, -0.2) is 0 Å². The lowest BCUT2D eigenvalue weighted by Crippen LogP contribution is -2.45. The second-order valence-electron chi connectivity index (χ2n) is 6.40. The van der Waals surface area contributed by atoms with Crippen LogP contribution in [0.15, 0.2) is 48.5 Å². The number of rotatable bonds is 6. The topological polar surface area (TPSA) is 93.4 Å². The molecular formula is C19H23N3O3. The summed E-state index contributed by atoms with van der Waals surface area (Å²) in [5.74, 6) is 0.0759. The Bertz CT molecular complexity index is 749. The van der Waals surface area contributed by atoms with Crippen LogP contribution in [0.5, 0.6) is 5.75 Å². The van der Waals surface area contributed by atoms with E-state index < -0.39 is 5.54 Å². The van der Waals surface area contributed by atoms with Gasteiger partial charge in [-0.1, -0.05) is 12.1 Å². The van der Waals surface area contributed by atoms with Crippen LogP contribution in [-0.4, -0.2) is 31.0 Å². The number of para-hydroxylation sites is 1. The van der Waals surface area contributed by atoms with E-state index in [0.717, 1.165) is 0 Å². The van der Waals surface area contributed by atoms with Crippen LogP contribution in [0.1, 0.15) is 34.6 Å². The summed E-state index contributed by atoms with van der Waals surface area (Å²) in [6, 6.07) is 13.6. The van der Waals surface area contributed by atoms with Crippen molar-refractivity contribution in [3.05, 3.63) is 59.7 Å². The molecule has 0 saturated heterocycles. The molecule has 0 aliphatic heterocycles. The van der Waals surface area contributed by atoms with E-state index >= 15 is 0 Å². The quantitative estimate of drug-likeness (QED) is 0.752. The van der Waals surface area contributed by atoms with Gasteiger partial charge < -0.3 is 21.1 Å². The van der Waals surface area contributed by atoms with E-state index in [9.17, 15) is 9.59 Å². The largest absolute Gasteiger partial charge is 0.497 e. The molecule has 0 bridgehead atoms. The third-order valence-electron chi connectivity index (χ3n) is 3.48. The highest BCUT2D eigenvalue weighted by Crippen LogP contribution is 2.18. The number of nitrogens with one attached hydrogen (secondary N) is 2. The van der Waals surface area contributed by atoms with Gasteiger partial charge in [-0.05, 0) is 50.2 Å². The molecular weight excluding hydrogens is 318 g/mol. The summed E-state index contributed by atoms with van der Waals surface area (Å²) in [6.45, 7) is 3.97. The maximum atomic E-state index is 12.4. The van der Waals surface area contributed by atoms with Gasteiger partial charge in [-0.2, -0.15) is 0 Å². The number of amides is 2. The van der Waals surface area contributed by atoms with Crippen molar-refractivity contribution in [1.82, 2.24) is 5.32 Å². The van der Waals surface area contributed by atoms with Crippen molar-refractivity contribution in [2.24, 2.45) is 5.73 Å². The average Bonchev–Trinajstić information content (AvgIpc) is 2.59. The highest BCUT2D eigenvalue weighted by atomic mass is 16.5.